The summed E-state index contributed by atoms with van der Waals surface area (Å²) in [7, 11) is 4.24. The SMILES string of the molecule is CCC(=O)CN1CCCC(N(C)C)C1. The third-order valence-corrected chi connectivity index (χ3v) is 3.01. The zero-order valence-electron chi connectivity index (χ0n) is 9.62. The first-order chi connectivity index (χ1) is 6.63. The Kier molecular flexibility index (Phi) is 4.55. The molecule has 0 aromatic rings. The maximum Gasteiger partial charge on any atom is 0.146 e. The van der Waals surface area contributed by atoms with Crippen molar-refractivity contribution in [1.29, 1.82) is 0 Å². The van der Waals surface area contributed by atoms with Gasteiger partial charge in [-0.2, -0.15) is 0 Å². The van der Waals surface area contributed by atoms with E-state index in [1.54, 1.807) is 0 Å². The summed E-state index contributed by atoms with van der Waals surface area (Å²) in [5, 5.41) is 0. The van der Waals surface area contributed by atoms with Crippen molar-refractivity contribution < 1.29 is 4.79 Å². The lowest BCUT2D eigenvalue weighted by molar-refractivity contribution is -0.120. The minimum Gasteiger partial charge on any atom is -0.305 e. The smallest absolute Gasteiger partial charge is 0.146 e. The van der Waals surface area contributed by atoms with Gasteiger partial charge in [0, 0.05) is 19.0 Å². The highest BCUT2D eigenvalue weighted by Gasteiger charge is 2.21. The van der Waals surface area contributed by atoms with E-state index < -0.39 is 0 Å². The van der Waals surface area contributed by atoms with Crippen LogP contribution in [0.5, 0.6) is 0 Å². The maximum atomic E-state index is 11.3. The Labute approximate surface area is 87.1 Å². The standard InChI is InChI=1S/C11H22N2O/c1-4-11(14)9-13-7-5-6-10(8-13)12(2)3/h10H,4-9H2,1-3H3. The van der Waals surface area contributed by atoms with E-state index in [1.807, 2.05) is 6.92 Å². The molecule has 0 bridgehead atoms. The normalized spacial score (nSPS) is 24.1. The zero-order chi connectivity index (χ0) is 10.6. The monoisotopic (exact) mass is 198 g/mol. The van der Waals surface area contributed by atoms with Crippen LogP contribution >= 0.6 is 0 Å². The van der Waals surface area contributed by atoms with Crippen molar-refractivity contribution in [2.75, 3.05) is 33.7 Å². The molecule has 0 amide bonds. The van der Waals surface area contributed by atoms with Crippen LogP contribution in [0.15, 0.2) is 0 Å². The van der Waals surface area contributed by atoms with Gasteiger partial charge in [0.1, 0.15) is 5.78 Å². The first kappa shape index (κ1) is 11.7. The third-order valence-electron chi connectivity index (χ3n) is 3.01. The molecular formula is C11H22N2O. The highest BCUT2D eigenvalue weighted by atomic mass is 16.1. The average Bonchev–Trinajstić information content (AvgIpc) is 2.18. The molecule has 3 nitrogen and oxygen atoms in total. The Morgan fingerprint density at radius 1 is 1.50 bits per heavy atom. The summed E-state index contributed by atoms with van der Waals surface area (Å²) in [4.78, 5) is 15.9. The molecule has 0 N–H and O–H groups in total. The second-order valence-electron chi connectivity index (χ2n) is 4.39. The van der Waals surface area contributed by atoms with E-state index in [1.165, 1.54) is 12.8 Å². The van der Waals surface area contributed by atoms with Crippen molar-refractivity contribution in [3.8, 4) is 0 Å². The molecule has 1 fully saturated rings. The number of Topliss-reactive ketones (excluding diaryl/α,β-unsaturated/α-hetero) is 1. The van der Waals surface area contributed by atoms with Gasteiger partial charge in [-0.3, -0.25) is 9.69 Å². The van der Waals surface area contributed by atoms with Crippen LogP contribution < -0.4 is 0 Å². The number of piperidine rings is 1. The van der Waals surface area contributed by atoms with Crippen molar-refractivity contribution >= 4 is 5.78 Å². The predicted octanol–water partition coefficient (Wildman–Crippen LogP) is 0.992. The Bertz CT molecular complexity index is 192. The summed E-state index contributed by atoms with van der Waals surface area (Å²) in [6.45, 7) is 4.74. The molecule has 1 aliphatic heterocycles. The Balaban J connectivity index is 2.36. The van der Waals surface area contributed by atoms with Gasteiger partial charge in [0.15, 0.2) is 0 Å². The summed E-state index contributed by atoms with van der Waals surface area (Å²) in [5.74, 6) is 0.365. The van der Waals surface area contributed by atoms with Crippen molar-refractivity contribution in [2.45, 2.75) is 32.2 Å². The van der Waals surface area contributed by atoms with E-state index in [4.69, 9.17) is 0 Å². The summed E-state index contributed by atoms with van der Waals surface area (Å²) in [6, 6.07) is 0.633. The molecule has 1 atom stereocenters. The van der Waals surface area contributed by atoms with Crippen LogP contribution in [-0.4, -0.2) is 55.4 Å². The highest BCUT2D eigenvalue weighted by molar-refractivity contribution is 5.80. The zero-order valence-corrected chi connectivity index (χ0v) is 9.62. The lowest BCUT2D eigenvalue weighted by Crippen LogP contribution is -2.46. The molecule has 1 aliphatic rings. The fraction of sp³-hybridized carbons (Fsp3) is 0.909. The highest BCUT2D eigenvalue weighted by Crippen LogP contribution is 2.13. The number of likely N-dealkylation sites (N-methyl/N-ethyl adjacent to an activating group) is 1. The lowest BCUT2D eigenvalue weighted by Gasteiger charge is -2.35. The Morgan fingerprint density at radius 3 is 2.79 bits per heavy atom. The minimum atomic E-state index is 0.365. The number of nitrogens with zero attached hydrogens (tertiary/aromatic N) is 2. The Hall–Kier alpha value is -0.410. The number of ketones is 1. The van der Waals surface area contributed by atoms with Gasteiger partial charge >= 0.3 is 0 Å². The van der Waals surface area contributed by atoms with Crippen LogP contribution in [-0.2, 0) is 4.79 Å². The maximum absolute atomic E-state index is 11.3. The van der Waals surface area contributed by atoms with Gasteiger partial charge in [-0.05, 0) is 33.5 Å². The number of carbonyl (C=O) groups excluding carboxylic acids is 1. The van der Waals surface area contributed by atoms with Gasteiger partial charge in [0.05, 0.1) is 6.54 Å². The molecule has 14 heavy (non-hydrogen) atoms. The van der Waals surface area contributed by atoms with Crippen LogP contribution in [0.3, 0.4) is 0 Å². The summed E-state index contributed by atoms with van der Waals surface area (Å²) in [5.41, 5.74) is 0. The average molecular weight is 198 g/mol. The molecule has 1 rings (SSSR count). The first-order valence-corrected chi connectivity index (χ1v) is 5.54. The number of hydrogen-bond donors (Lipinski definition) is 0. The van der Waals surface area contributed by atoms with Crippen molar-refractivity contribution in [2.24, 2.45) is 0 Å². The molecule has 82 valence electrons. The fourth-order valence-corrected chi connectivity index (χ4v) is 1.96. The minimum absolute atomic E-state index is 0.365. The van der Waals surface area contributed by atoms with Crippen LogP contribution in [0, 0.1) is 0 Å². The molecule has 0 spiro atoms. The summed E-state index contributed by atoms with van der Waals surface area (Å²) < 4.78 is 0. The van der Waals surface area contributed by atoms with E-state index in [0.29, 0.717) is 24.8 Å². The van der Waals surface area contributed by atoms with Gasteiger partial charge in [-0.1, -0.05) is 6.92 Å². The molecule has 1 unspecified atom stereocenters. The molecule has 1 heterocycles. The Morgan fingerprint density at radius 2 is 2.21 bits per heavy atom. The molecule has 0 aromatic carbocycles. The van der Waals surface area contributed by atoms with E-state index in [-0.39, 0.29) is 0 Å². The van der Waals surface area contributed by atoms with E-state index in [9.17, 15) is 4.79 Å². The summed E-state index contributed by atoms with van der Waals surface area (Å²) in [6.07, 6.45) is 3.16. The predicted molar refractivity (Wildman–Crippen MR) is 58.4 cm³/mol. The van der Waals surface area contributed by atoms with Gasteiger partial charge in [-0.15, -0.1) is 0 Å². The molecule has 0 aliphatic carbocycles. The molecule has 1 saturated heterocycles. The number of carbonyl (C=O) groups is 1. The lowest BCUT2D eigenvalue weighted by atomic mass is 10.0. The molecule has 3 heteroatoms. The van der Waals surface area contributed by atoms with Gasteiger partial charge in [0.2, 0.25) is 0 Å². The topological polar surface area (TPSA) is 23.6 Å². The largest absolute Gasteiger partial charge is 0.305 e. The van der Waals surface area contributed by atoms with Gasteiger partial charge < -0.3 is 4.90 Å². The number of likely N-dealkylation sites (tertiary alicyclic amines) is 1. The summed E-state index contributed by atoms with van der Waals surface area (Å²) >= 11 is 0. The fourth-order valence-electron chi connectivity index (χ4n) is 1.96. The molecule has 0 radical (unpaired) electrons. The second-order valence-corrected chi connectivity index (χ2v) is 4.39. The van der Waals surface area contributed by atoms with Crippen molar-refractivity contribution in [1.82, 2.24) is 9.80 Å². The molecular weight excluding hydrogens is 176 g/mol. The van der Waals surface area contributed by atoms with E-state index in [2.05, 4.69) is 23.9 Å². The number of hydrogen-bond acceptors (Lipinski definition) is 3. The van der Waals surface area contributed by atoms with Crippen LogP contribution in [0.1, 0.15) is 26.2 Å². The second kappa shape index (κ2) is 5.47. The third kappa shape index (κ3) is 3.39. The quantitative estimate of drug-likeness (QED) is 0.673. The molecule has 0 aromatic heterocycles. The van der Waals surface area contributed by atoms with E-state index >= 15 is 0 Å². The van der Waals surface area contributed by atoms with Crippen molar-refractivity contribution in [3.05, 3.63) is 0 Å². The molecule has 0 saturated carbocycles. The van der Waals surface area contributed by atoms with Crippen LogP contribution in [0.25, 0.3) is 0 Å². The van der Waals surface area contributed by atoms with Crippen LogP contribution in [0.2, 0.25) is 0 Å². The van der Waals surface area contributed by atoms with E-state index in [0.717, 1.165) is 13.1 Å². The first-order valence-electron chi connectivity index (χ1n) is 5.54. The van der Waals surface area contributed by atoms with Crippen molar-refractivity contribution in [3.63, 3.8) is 0 Å². The van der Waals surface area contributed by atoms with Crippen LogP contribution in [0.4, 0.5) is 0 Å². The number of rotatable bonds is 4. The van der Waals surface area contributed by atoms with Gasteiger partial charge in [-0.25, -0.2) is 0 Å². The van der Waals surface area contributed by atoms with Gasteiger partial charge in [0.25, 0.3) is 0 Å².